The first-order valence-electron chi connectivity index (χ1n) is 37.8. The zero-order valence-electron chi connectivity index (χ0n) is 65.3. The molecule has 28 nitrogen and oxygen atoms in total. The summed E-state index contributed by atoms with van der Waals surface area (Å²) in [5.41, 5.74) is -6.31. The van der Waals surface area contributed by atoms with Crippen molar-refractivity contribution in [2.45, 2.75) is 132 Å². The molecular weight excluding hydrogens is 1350 g/mol. The van der Waals surface area contributed by atoms with Gasteiger partial charge in [0.1, 0.15) is 0 Å². The maximum Gasteiger partial charge on any atom is 0.0564 e. The number of nitrogens with one attached hydrogen (secondary N) is 1. The highest BCUT2D eigenvalue weighted by Crippen LogP contribution is 2.29. The molecule has 0 aromatic rings. The molecule has 0 fully saturated rings. The van der Waals surface area contributed by atoms with E-state index in [1.165, 1.54) is 0 Å². The first kappa shape index (κ1) is 102. The second-order valence-electron chi connectivity index (χ2n) is 33.2. The molecule has 0 radical (unpaired) electrons. The summed E-state index contributed by atoms with van der Waals surface area (Å²) in [7, 11) is 1.86. The van der Waals surface area contributed by atoms with Crippen molar-refractivity contribution in [3.63, 3.8) is 0 Å². The molecule has 4 unspecified atom stereocenters. The van der Waals surface area contributed by atoms with Crippen LogP contribution in [0.1, 0.15) is 132 Å². The molecule has 0 bridgehead atoms. The predicted octanol–water partition coefficient (Wildman–Crippen LogP) is 1.31. The van der Waals surface area contributed by atoms with Crippen LogP contribution in [0.4, 0.5) is 0 Å². The van der Waals surface area contributed by atoms with E-state index < -0.39 is 43.3 Å². The average Bonchev–Trinajstić information content (AvgIpc) is 0.959. The maximum atomic E-state index is 10.00. The smallest absolute Gasteiger partial charge is 0.0564 e. The fourth-order valence-corrected chi connectivity index (χ4v) is 10.6. The minimum absolute atomic E-state index is 0.0258. The van der Waals surface area contributed by atoms with Gasteiger partial charge in [-0.15, -0.1) is 0 Å². The molecule has 0 heterocycles. The van der Waals surface area contributed by atoms with Crippen LogP contribution in [0.25, 0.3) is 0 Å². The highest BCUT2D eigenvalue weighted by atomic mass is 16.5. The summed E-state index contributed by atoms with van der Waals surface area (Å²) in [5.74, 6) is -1.03. The van der Waals surface area contributed by atoms with Gasteiger partial charge in [0.2, 0.25) is 0 Å². The number of hydrogen-bond acceptors (Lipinski definition) is 28. The van der Waals surface area contributed by atoms with Gasteiger partial charge in [0, 0.05) is 92.0 Å². The Kier molecular flexibility index (Phi) is 58.1. The fourth-order valence-electron chi connectivity index (χ4n) is 10.6. The van der Waals surface area contributed by atoms with Gasteiger partial charge in [-0.25, -0.2) is 0 Å². The van der Waals surface area contributed by atoms with Gasteiger partial charge < -0.3 is 139 Å². The molecule has 0 spiro atoms. The third-order valence-electron chi connectivity index (χ3n) is 19.7. The van der Waals surface area contributed by atoms with Crippen LogP contribution >= 0.6 is 0 Å². The fraction of sp³-hybridized carbons (Fsp3) is 1.00. The molecule has 0 saturated heterocycles. The molecule has 28 heteroatoms. The first-order chi connectivity index (χ1) is 49.1. The molecule has 0 amide bonds. The summed E-state index contributed by atoms with van der Waals surface area (Å²) in [6.45, 7) is 15.3. The Labute approximate surface area is 618 Å². The summed E-state index contributed by atoms with van der Waals surface area (Å²) in [4.78, 5) is 0. The second kappa shape index (κ2) is 58.8. The molecule has 103 heavy (non-hydrogen) atoms. The Balaban J connectivity index is 6.96. The van der Waals surface area contributed by atoms with Crippen molar-refractivity contribution < 1.29 is 134 Å². The average molecular weight is 1500 g/mol. The largest absolute Gasteiger partial charge is 0.396 e. The lowest BCUT2D eigenvalue weighted by Gasteiger charge is -2.28. The number of rotatable bonds is 77. The van der Waals surface area contributed by atoms with E-state index in [9.17, 15) is 81.7 Å². The van der Waals surface area contributed by atoms with Crippen molar-refractivity contribution >= 4 is 0 Å². The van der Waals surface area contributed by atoms with Gasteiger partial charge in [-0.05, 0) is 51.5 Å². The Morgan fingerprint density at radius 3 is 0.583 bits per heavy atom. The monoisotopic (exact) mass is 1500 g/mol. The van der Waals surface area contributed by atoms with Crippen LogP contribution in [0.15, 0.2) is 0 Å². The molecule has 17 N–H and O–H groups in total. The van der Waals surface area contributed by atoms with E-state index in [0.717, 1.165) is 64.2 Å². The molecule has 0 aliphatic heterocycles. The van der Waals surface area contributed by atoms with Gasteiger partial charge >= 0.3 is 0 Å². The van der Waals surface area contributed by atoms with Gasteiger partial charge in [-0.2, -0.15) is 0 Å². The Morgan fingerprint density at radius 1 is 0.204 bits per heavy atom. The van der Waals surface area contributed by atoms with E-state index in [1.807, 2.05) is 20.9 Å². The lowest BCUT2D eigenvalue weighted by molar-refractivity contribution is -0.0826. The SMILES string of the molecule is CNCC(COCC(CCCCC(CCCCC(C)(CO)CO)COCC(C)(CO)CO)COCC(CCCCC(C)(CO)CO)COCC(C)(CO)CO)COCC(COCC(COCC(C)(CO)CO)COCC(C)(CO)CO)COCC(COCC(C)(CO)CO)COCC(C)(CO)CO. The molecule has 4 atom stereocenters. The summed E-state index contributed by atoms with van der Waals surface area (Å²) < 4.78 is 68.9. The highest BCUT2D eigenvalue weighted by molar-refractivity contribution is 4.79. The van der Waals surface area contributed by atoms with Crippen LogP contribution in [0.5, 0.6) is 0 Å². The molecule has 0 saturated carbocycles. The molecule has 0 rings (SSSR count). The highest BCUT2D eigenvalue weighted by Gasteiger charge is 2.31. The van der Waals surface area contributed by atoms with Crippen molar-refractivity contribution in [3.8, 4) is 0 Å². The topological polar surface area (TPSA) is 437 Å². The van der Waals surface area contributed by atoms with Crippen molar-refractivity contribution in [1.29, 1.82) is 0 Å². The lowest BCUT2D eigenvalue weighted by atomic mass is 9.85. The van der Waals surface area contributed by atoms with Gasteiger partial charge in [0.15, 0.2) is 0 Å². The van der Waals surface area contributed by atoms with Gasteiger partial charge in [0.05, 0.1) is 244 Å². The van der Waals surface area contributed by atoms with Crippen molar-refractivity contribution in [1.82, 2.24) is 5.32 Å². The third kappa shape index (κ3) is 47.0. The van der Waals surface area contributed by atoms with E-state index in [1.54, 1.807) is 41.5 Å². The van der Waals surface area contributed by atoms with Crippen LogP contribution in [0, 0.1) is 84.7 Å². The Hall–Kier alpha value is -1.12. The predicted molar refractivity (Wildman–Crippen MR) is 391 cm³/mol. The summed E-state index contributed by atoms with van der Waals surface area (Å²) in [6, 6.07) is 0. The second-order valence-corrected chi connectivity index (χ2v) is 33.2. The Morgan fingerprint density at radius 2 is 0.369 bits per heavy atom. The van der Waals surface area contributed by atoms with Crippen LogP contribution in [-0.2, 0) is 52.1 Å². The molecule has 0 aliphatic carbocycles. The van der Waals surface area contributed by atoms with Crippen LogP contribution in [0.3, 0.4) is 0 Å². The number of aliphatic hydroxyl groups excluding tert-OH is 16. The molecule has 0 aromatic heterocycles. The minimum atomic E-state index is -0.888. The van der Waals surface area contributed by atoms with Crippen LogP contribution in [0.2, 0.25) is 0 Å². The third-order valence-corrected chi connectivity index (χ3v) is 19.7. The number of unbranched alkanes of at least 4 members (excludes halogenated alkanes) is 3. The quantitative estimate of drug-likeness (QED) is 0.0382. The minimum Gasteiger partial charge on any atom is -0.396 e. The van der Waals surface area contributed by atoms with E-state index in [0.29, 0.717) is 65.6 Å². The Bertz CT molecular complexity index is 1800. The normalized spacial score (nSPS) is 14.7. The zero-order valence-corrected chi connectivity index (χ0v) is 65.3. The van der Waals surface area contributed by atoms with Gasteiger partial charge in [-0.1, -0.05) is 93.9 Å². The molecular formula is C75H153NO27. The van der Waals surface area contributed by atoms with Crippen LogP contribution in [-0.4, -0.2) is 346 Å². The maximum absolute atomic E-state index is 10.00. The van der Waals surface area contributed by atoms with Crippen molar-refractivity contribution in [3.05, 3.63) is 0 Å². The molecule has 0 aliphatic rings. The first-order valence-corrected chi connectivity index (χ1v) is 37.8. The number of aliphatic hydroxyl groups is 16. The zero-order chi connectivity index (χ0) is 77.6. The van der Waals surface area contributed by atoms with Crippen molar-refractivity contribution in [2.24, 2.45) is 84.7 Å². The van der Waals surface area contributed by atoms with Crippen molar-refractivity contribution in [2.75, 3.05) is 265 Å². The van der Waals surface area contributed by atoms with E-state index in [2.05, 4.69) is 5.32 Å². The number of ether oxygens (including phenoxy) is 11. The molecule has 620 valence electrons. The van der Waals surface area contributed by atoms with E-state index >= 15 is 0 Å². The standard InChI is InChI=1S/C75H153NO27/c1-68(39-77,40-78)20-14-12-17-61(23-98-55-70(3,43-81)44-82)16-10-11-18-62(24-93-26-63(27-99-56-71(4,45-83)46-84)19-13-15-21-69(2,41-79)42-80)25-94-28-64(22-76-9)29-95-30-65(31-96-33-66(35-100-57-72(5,47-85)48-86)36-101-58-73(6,49-87)50-88)32-97-34-67(37-102-59-74(7,51-89)52-90)38-103-60-75(8,53-91)54-92/h61-67,76-92H,10-60H2,1-9H3. The lowest BCUT2D eigenvalue weighted by Crippen LogP contribution is -2.36. The summed E-state index contributed by atoms with van der Waals surface area (Å²) in [6.07, 6.45) is 9.54. The van der Waals surface area contributed by atoms with Gasteiger partial charge in [0.25, 0.3) is 0 Å². The summed E-state index contributed by atoms with van der Waals surface area (Å²) >= 11 is 0. The van der Waals surface area contributed by atoms with Crippen LogP contribution < -0.4 is 5.32 Å². The molecule has 0 aromatic carbocycles. The number of hydrogen-bond donors (Lipinski definition) is 17. The summed E-state index contributed by atoms with van der Waals surface area (Å²) in [5, 5.41) is 163. The van der Waals surface area contributed by atoms with E-state index in [4.69, 9.17) is 52.1 Å². The van der Waals surface area contributed by atoms with E-state index in [-0.39, 0.29) is 246 Å². The van der Waals surface area contributed by atoms with Gasteiger partial charge in [-0.3, -0.25) is 0 Å².